The molecule has 180 valence electrons. The minimum absolute atomic E-state index is 0.0631. The van der Waals surface area contributed by atoms with Crippen molar-refractivity contribution in [3.05, 3.63) is 75.8 Å². The fourth-order valence-corrected chi connectivity index (χ4v) is 3.80. The lowest BCUT2D eigenvalue weighted by Gasteiger charge is -2.15. The standard InChI is InChI=1S/C24H21BrFN5O4/c1-2-18(32)14-5-6-16(26)21(22(14)35-23(33)12-3-7-19(27)28-10-12)15-9-17(15)30-24(34)31-20-8-4-13(25)11-29-20/h3-8,10-11,15,17H,2,9H2,1H3,(H2,27,28)(H2,29,30,31,34). The molecular weight excluding hydrogens is 521 g/mol. The van der Waals surface area contributed by atoms with Crippen LogP contribution in [0.2, 0.25) is 0 Å². The van der Waals surface area contributed by atoms with E-state index in [1.54, 1.807) is 25.3 Å². The number of esters is 1. The first-order valence-corrected chi connectivity index (χ1v) is 11.5. The van der Waals surface area contributed by atoms with E-state index in [1.165, 1.54) is 30.5 Å². The first-order chi connectivity index (χ1) is 16.8. The summed E-state index contributed by atoms with van der Waals surface area (Å²) in [5.41, 5.74) is 5.81. The second kappa shape index (κ2) is 10.2. The number of amides is 2. The van der Waals surface area contributed by atoms with Crippen molar-refractivity contribution in [2.24, 2.45) is 0 Å². The molecule has 4 rings (SSSR count). The van der Waals surface area contributed by atoms with E-state index in [4.69, 9.17) is 10.5 Å². The van der Waals surface area contributed by atoms with Crippen LogP contribution in [0.4, 0.5) is 20.8 Å². The van der Waals surface area contributed by atoms with Gasteiger partial charge < -0.3 is 15.8 Å². The van der Waals surface area contributed by atoms with E-state index in [-0.39, 0.29) is 40.5 Å². The van der Waals surface area contributed by atoms with Crippen molar-refractivity contribution in [2.45, 2.75) is 31.7 Å². The van der Waals surface area contributed by atoms with Gasteiger partial charge in [0, 0.05) is 40.8 Å². The van der Waals surface area contributed by atoms with Crippen LogP contribution in [0.25, 0.3) is 0 Å². The number of nitrogens with one attached hydrogen (secondary N) is 2. The van der Waals surface area contributed by atoms with Gasteiger partial charge in [0.25, 0.3) is 0 Å². The lowest BCUT2D eigenvalue weighted by atomic mass is 10.00. The summed E-state index contributed by atoms with van der Waals surface area (Å²) < 4.78 is 21.3. The fraction of sp³-hybridized carbons (Fsp3) is 0.208. The van der Waals surface area contributed by atoms with E-state index in [2.05, 4.69) is 36.5 Å². The maximum absolute atomic E-state index is 15.0. The van der Waals surface area contributed by atoms with Crippen molar-refractivity contribution < 1.29 is 23.5 Å². The number of pyridine rings is 2. The van der Waals surface area contributed by atoms with Crippen molar-refractivity contribution in [1.29, 1.82) is 0 Å². The van der Waals surface area contributed by atoms with Crippen LogP contribution in [0.1, 0.15) is 52.0 Å². The van der Waals surface area contributed by atoms with E-state index in [0.29, 0.717) is 12.2 Å². The lowest BCUT2D eigenvalue weighted by molar-refractivity contribution is 0.0729. The number of anilines is 2. The molecule has 9 nitrogen and oxygen atoms in total. The molecule has 35 heavy (non-hydrogen) atoms. The van der Waals surface area contributed by atoms with Gasteiger partial charge in [0.15, 0.2) is 5.78 Å². The number of rotatable bonds is 7. The number of ether oxygens (including phenoxy) is 1. The molecule has 0 aliphatic heterocycles. The summed E-state index contributed by atoms with van der Waals surface area (Å²) in [5, 5.41) is 5.36. The van der Waals surface area contributed by atoms with Crippen LogP contribution in [0.15, 0.2) is 53.3 Å². The molecule has 1 fully saturated rings. The third-order valence-electron chi connectivity index (χ3n) is 5.43. The van der Waals surface area contributed by atoms with Gasteiger partial charge in [0.2, 0.25) is 0 Å². The summed E-state index contributed by atoms with van der Waals surface area (Å²) in [5.74, 6) is -1.83. The predicted molar refractivity (Wildman–Crippen MR) is 130 cm³/mol. The van der Waals surface area contributed by atoms with E-state index in [1.807, 2.05) is 0 Å². The largest absolute Gasteiger partial charge is 0.422 e. The van der Waals surface area contributed by atoms with Crippen LogP contribution < -0.4 is 21.1 Å². The summed E-state index contributed by atoms with van der Waals surface area (Å²) in [6.07, 6.45) is 3.31. The number of ketones is 1. The molecule has 11 heteroatoms. The lowest BCUT2D eigenvalue weighted by Crippen LogP contribution is -2.31. The molecule has 2 aromatic heterocycles. The third-order valence-corrected chi connectivity index (χ3v) is 5.90. The molecule has 0 bridgehead atoms. The Morgan fingerprint density at radius 3 is 2.60 bits per heavy atom. The van der Waals surface area contributed by atoms with Crippen molar-refractivity contribution in [3.63, 3.8) is 0 Å². The molecule has 2 amide bonds. The quantitative estimate of drug-likeness (QED) is 0.228. The average molecular weight is 542 g/mol. The molecule has 1 aromatic carbocycles. The van der Waals surface area contributed by atoms with E-state index in [0.717, 1.165) is 4.47 Å². The van der Waals surface area contributed by atoms with Crippen LogP contribution in [0.3, 0.4) is 0 Å². The van der Waals surface area contributed by atoms with E-state index >= 15 is 4.39 Å². The van der Waals surface area contributed by atoms with Crippen LogP contribution in [-0.2, 0) is 0 Å². The number of Topliss-reactive ketones (excluding diaryl/α,β-unsaturated/α-hetero) is 1. The molecule has 1 aliphatic rings. The van der Waals surface area contributed by atoms with Gasteiger partial charge in [0.05, 0.1) is 11.1 Å². The molecule has 2 heterocycles. The average Bonchev–Trinajstić information content (AvgIpc) is 3.58. The highest BCUT2D eigenvalue weighted by Crippen LogP contribution is 2.47. The molecule has 0 saturated heterocycles. The summed E-state index contributed by atoms with van der Waals surface area (Å²) in [4.78, 5) is 45.6. The molecule has 1 saturated carbocycles. The van der Waals surface area contributed by atoms with Gasteiger partial charge >= 0.3 is 12.0 Å². The smallest absolute Gasteiger partial charge is 0.345 e. The minimum atomic E-state index is -0.807. The zero-order chi connectivity index (χ0) is 25.1. The Balaban J connectivity index is 1.56. The summed E-state index contributed by atoms with van der Waals surface area (Å²) in [6.45, 7) is 1.66. The Bertz CT molecular complexity index is 1280. The number of nitrogens with zero attached hydrogens (tertiary/aromatic N) is 2. The number of nitrogen functional groups attached to an aromatic ring is 1. The number of aromatic nitrogens is 2. The molecule has 2 unspecified atom stereocenters. The summed E-state index contributed by atoms with van der Waals surface area (Å²) in [6, 6.07) is 7.73. The molecule has 1 aliphatic carbocycles. The molecule has 4 N–H and O–H groups in total. The molecule has 2 atom stereocenters. The van der Waals surface area contributed by atoms with Crippen LogP contribution >= 0.6 is 15.9 Å². The Labute approximate surface area is 208 Å². The number of halogens is 2. The van der Waals surface area contributed by atoms with Crippen molar-refractivity contribution in [1.82, 2.24) is 15.3 Å². The predicted octanol–water partition coefficient (Wildman–Crippen LogP) is 4.45. The van der Waals surface area contributed by atoms with Crippen LogP contribution in [0, 0.1) is 5.82 Å². The number of hydrogen-bond donors (Lipinski definition) is 3. The van der Waals surface area contributed by atoms with Gasteiger partial charge in [-0.3, -0.25) is 10.1 Å². The highest BCUT2D eigenvalue weighted by atomic mass is 79.9. The topological polar surface area (TPSA) is 136 Å². The Morgan fingerprint density at radius 2 is 1.94 bits per heavy atom. The molecule has 3 aromatic rings. The van der Waals surface area contributed by atoms with Crippen molar-refractivity contribution in [3.8, 4) is 5.75 Å². The van der Waals surface area contributed by atoms with Gasteiger partial charge in [-0.25, -0.2) is 23.9 Å². The van der Waals surface area contributed by atoms with Crippen molar-refractivity contribution >= 4 is 45.3 Å². The van der Waals surface area contributed by atoms with E-state index < -0.39 is 29.8 Å². The van der Waals surface area contributed by atoms with Gasteiger partial charge in [-0.15, -0.1) is 0 Å². The molecule has 0 spiro atoms. The second-order valence-electron chi connectivity index (χ2n) is 7.88. The van der Waals surface area contributed by atoms with Gasteiger partial charge in [0.1, 0.15) is 23.2 Å². The van der Waals surface area contributed by atoms with Crippen LogP contribution in [0.5, 0.6) is 5.75 Å². The summed E-state index contributed by atoms with van der Waals surface area (Å²) >= 11 is 3.27. The fourth-order valence-electron chi connectivity index (χ4n) is 3.56. The monoisotopic (exact) mass is 541 g/mol. The highest BCUT2D eigenvalue weighted by molar-refractivity contribution is 9.10. The normalized spacial score (nSPS) is 16.3. The highest BCUT2D eigenvalue weighted by Gasteiger charge is 2.44. The first-order valence-electron chi connectivity index (χ1n) is 10.7. The number of benzene rings is 1. The first kappa shape index (κ1) is 24.3. The molecular formula is C24H21BrFN5O4. The Hall–Kier alpha value is -3.86. The maximum atomic E-state index is 15.0. The Kier molecular flexibility index (Phi) is 7.06. The van der Waals surface area contributed by atoms with Gasteiger partial charge in [-0.1, -0.05) is 6.92 Å². The SMILES string of the molecule is CCC(=O)c1ccc(F)c(C2CC2NC(=O)Nc2ccc(Br)cn2)c1OC(=O)c1ccc(N)nc1. The number of hydrogen-bond acceptors (Lipinski definition) is 7. The van der Waals surface area contributed by atoms with E-state index in [9.17, 15) is 14.4 Å². The minimum Gasteiger partial charge on any atom is -0.422 e. The van der Waals surface area contributed by atoms with Gasteiger partial charge in [-0.05, 0) is 58.7 Å². The Morgan fingerprint density at radius 1 is 1.14 bits per heavy atom. The number of nitrogens with two attached hydrogens (primary N) is 1. The number of urea groups is 1. The van der Waals surface area contributed by atoms with Crippen LogP contribution in [-0.4, -0.2) is 33.8 Å². The second-order valence-corrected chi connectivity index (χ2v) is 8.80. The number of carbonyl (C=O) groups excluding carboxylic acids is 3. The van der Waals surface area contributed by atoms with Gasteiger partial charge in [-0.2, -0.15) is 0 Å². The maximum Gasteiger partial charge on any atom is 0.345 e. The van der Waals surface area contributed by atoms with Crippen molar-refractivity contribution in [2.75, 3.05) is 11.1 Å². The molecule has 0 radical (unpaired) electrons. The zero-order valence-corrected chi connectivity index (χ0v) is 20.1. The number of carbonyl (C=O) groups is 3. The third kappa shape index (κ3) is 5.62. The zero-order valence-electron chi connectivity index (χ0n) is 18.5. The summed E-state index contributed by atoms with van der Waals surface area (Å²) in [7, 11) is 0.